The number of benzene rings is 2. The van der Waals surface area contributed by atoms with Gasteiger partial charge in [0.25, 0.3) is 0 Å². The van der Waals surface area contributed by atoms with Gasteiger partial charge in [0.1, 0.15) is 11.6 Å². The number of esters is 1. The summed E-state index contributed by atoms with van der Waals surface area (Å²) in [4.78, 5) is 24.1. The number of hydrogen-bond donors (Lipinski definition) is 1. The third-order valence-electron chi connectivity index (χ3n) is 3.30. The maximum Gasteiger partial charge on any atom is 0.344 e. The Bertz CT molecular complexity index is 927. The molecule has 0 radical (unpaired) electrons. The number of ether oxygens (including phenoxy) is 2. The first-order valence-electron chi connectivity index (χ1n) is 7.84. The first kappa shape index (κ1) is 20.4. The monoisotopic (exact) mass is 395 g/mol. The van der Waals surface area contributed by atoms with Crippen LogP contribution in [0.15, 0.2) is 48.5 Å². The van der Waals surface area contributed by atoms with Crippen molar-refractivity contribution >= 4 is 27.5 Å². The zero-order valence-corrected chi connectivity index (χ0v) is 15.5. The molecule has 0 aliphatic carbocycles. The number of carbonyl (C=O) groups is 2. The van der Waals surface area contributed by atoms with Gasteiger partial charge in [-0.15, -0.1) is 0 Å². The van der Waals surface area contributed by atoms with Crippen molar-refractivity contribution in [2.24, 2.45) is 0 Å². The van der Waals surface area contributed by atoms with Gasteiger partial charge in [0.05, 0.1) is 6.26 Å². The van der Waals surface area contributed by atoms with Gasteiger partial charge in [-0.1, -0.05) is 6.07 Å². The smallest absolute Gasteiger partial charge is 0.344 e. The molecule has 0 fully saturated rings. The highest BCUT2D eigenvalue weighted by atomic mass is 32.2. The van der Waals surface area contributed by atoms with Gasteiger partial charge >= 0.3 is 5.97 Å². The van der Waals surface area contributed by atoms with E-state index in [4.69, 9.17) is 9.47 Å². The minimum Gasteiger partial charge on any atom is -0.482 e. The third kappa shape index (κ3) is 6.70. The molecule has 0 aliphatic heterocycles. The van der Waals surface area contributed by atoms with E-state index in [0.717, 1.165) is 12.3 Å². The van der Waals surface area contributed by atoms with Crippen LogP contribution < -0.4 is 9.46 Å². The summed E-state index contributed by atoms with van der Waals surface area (Å²) in [6.45, 7) is 0.934. The number of rotatable bonds is 8. The van der Waals surface area contributed by atoms with E-state index in [2.05, 4.69) is 4.72 Å². The van der Waals surface area contributed by atoms with Gasteiger partial charge in [-0.3, -0.25) is 9.52 Å². The number of hydrogen-bond acceptors (Lipinski definition) is 6. The summed E-state index contributed by atoms with van der Waals surface area (Å²) in [5.74, 6) is -1.58. The number of nitrogens with one attached hydrogen (secondary N) is 1. The van der Waals surface area contributed by atoms with Gasteiger partial charge < -0.3 is 9.47 Å². The number of Topliss-reactive ketones (excluding diaryl/α,β-unsaturated/α-hetero) is 1. The lowest BCUT2D eigenvalue weighted by atomic mass is 10.1. The average Bonchev–Trinajstić information content (AvgIpc) is 2.58. The minimum absolute atomic E-state index is 0.167. The van der Waals surface area contributed by atoms with Crippen molar-refractivity contribution in [1.82, 2.24) is 0 Å². The van der Waals surface area contributed by atoms with Gasteiger partial charge in [-0.2, -0.15) is 0 Å². The summed E-state index contributed by atoms with van der Waals surface area (Å²) in [7, 11) is -3.42. The largest absolute Gasteiger partial charge is 0.482 e. The van der Waals surface area contributed by atoms with Crippen molar-refractivity contribution in [2.45, 2.75) is 13.0 Å². The van der Waals surface area contributed by atoms with Crippen LogP contribution in [0.4, 0.5) is 10.1 Å². The summed E-state index contributed by atoms with van der Waals surface area (Å²) >= 11 is 0. The molecule has 0 amide bonds. The van der Waals surface area contributed by atoms with Crippen LogP contribution in [0.25, 0.3) is 0 Å². The molecule has 0 spiro atoms. The molecule has 2 aromatic carbocycles. The molecule has 7 nitrogen and oxygen atoms in total. The van der Waals surface area contributed by atoms with E-state index in [1.54, 1.807) is 0 Å². The highest BCUT2D eigenvalue weighted by molar-refractivity contribution is 7.92. The highest BCUT2D eigenvalue weighted by Crippen LogP contribution is 2.14. The van der Waals surface area contributed by atoms with Crippen LogP contribution >= 0.6 is 0 Å². The SMILES string of the molecule is C[C@@H](OC(=O)COc1cccc(F)c1)C(=O)c1ccc(NS(C)(=O)=O)cc1. The zero-order valence-electron chi connectivity index (χ0n) is 14.6. The number of halogens is 1. The highest BCUT2D eigenvalue weighted by Gasteiger charge is 2.20. The summed E-state index contributed by atoms with van der Waals surface area (Å²) < 4.78 is 47.8. The Morgan fingerprint density at radius 1 is 1.15 bits per heavy atom. The van der Waals surface area contributed by atoms with E-state index < -0.39 is 40.3 Å². The standard InChI is InChI=1S/C18H18FNO6S/c1-12(26-17(21)11-25-16-5-3-4-14(19)10-16)18(22)13-6-8-15(9-7-13)20-27(2,23)24/h3-10,12,20H,11H2,1-2H3/t12-/m1/s1. The second kappa shape index (κ2) is 8.63. The molecule has 27 heavy (non-hydrogen) atoms. The van der Waals surface area contributed by atoms with Crippen molar-refractivity contribution in [3.8, 4) is 5.75 Å². The van der Waals surface area contributed by atoms with Crippen LogP contribution in [-0.2, 0) is 19.6 Å². The van der Waals surface area contributed by atoms with Gasteiger partial charge in [0.15, 0.2) is 12.7 Å². The van der Waals surface area contributed by atoms with Gasteiger partial charge in [-0.25, -0.2) is 17.6 Å². The molecule has 1 N–H and O–H groups in total. The van der Waals surface area contributed by atoms with Gasteiger partial charge in [0.2, 0.25) is 15.8 Å². The van der Waals surface area contributed by atoms with E-state index in [1.165, 1.54) is 49.4 Å². The molecule has 0 saturated carbocycles. The van der Waals surface area contributed by atoms with Crippen LogP contribution in [0, 0.1) is 5.82 Å². The molecule has 0 unspecified atom stereocenters. The number of sulfonamides is 1. The Morgan fingerprint density at radius 2 is 1.81 bits per heavy atom. The average molecular weight is 395 g/mol. The lowest BCUT2D eigenvalue weighted by Gasteiger charge is -2.13. The summed E-state index contributed by atoms with van der Waals surface area (Å²) in [6.07, 6.45) is -0.0539. The molecule has 0 heterocycles. The maximum atomic E-state index is 13.0. The van der Waals surface area contributed by atoms with Crippen molar-refractivity contribution in [3.63, 3.8) is 0 Å². The molecule has 2 rings (SSSR count). The van der Waals surface area contributed by atoms with E-state index >= 15 is 0 Å². The first-order valence-corrected chi connectivity index (χ1v) is 9.73. The van der Waals surface area contributed by atoms with Crippen LogP contribution in [0.3, 0.4) is 0 Å². The Labute approximate surface area is 156 Å². The van der Waals surface area contributed by atoms with Crippen molar-refractivity contribution in [1.29, 1.82) is 0 Å². The molecule has 0 saturated heterocycles. The van der Waals surface area contributed by atoms with Crippen LogP contribution in [0.5, 0.6) is 5.75 Å². The fourth-order valence-electron chi connectivity index (χ4n) is 2.14. The first-order chi connectivity index (χ1) is 12.6. The maximum absolute atomic E-state index is 13.0. The number of anilines is 1. The third-order valence-corrected chi connectivity index (χ3v) is 3.91. The second-order valence-electron chi connectivity index (χ2n) is 5.69. The Balaban J connectivity index is 1.89. The fourth-order valence-corrected chi connectivity index (χ4v) is 2.70. The molecule has 1 atom stereocenters. The molecule has 9 heteroatoms. The predicted molar refractivity (Wildman–Crippen MR) is 96.7 cm³/mol. The Morgan fingerprint density at radius 3 is 2.41 bits per heavy atom. The van der Waals surface area contributed by atoms with E-state index in [1.807, 2.05) is 0 Å². The zero-order chi connectivity index (χ0) is 20.0. The molecule has 144 valence electrons. The Kier molecular flexibility index (Phi) is 6.51. The summed E-state index contributed by atoms with van der Waals surface area (Å²) in [5, 5.41) is 0. The van der Waals surface area contributed by atoms with Crippen LogP contribution in [0.2, 0.25) is 0 Å². The topological polar surface area (TPSA) is 98.8 Å². The van der Waals surface area contributed by atoms with Crippen molar-refractivity contribution in [3.05, 3.63) is 59.9 Å². The lowest BCUT2D eigenvalue weighted by molar-refractivity contribution is -0.148. The van der Waals surface area contributed by atoms with E-state index in [0.29, 0.717) is 5.69 Å². The lowest BCUT2D eigenvalue weighted by Crippen LogP contribution is -2.27. The molecule has 0 aromatic heterocycles. The van der Waals surface area contributed by atoms with Crippen LogP contribution in [0.1, 0.15) is 17.3 Å². The number of ketones is 1. The number of carbonyl (C=O) groups excluding carboxylic acids is 2. The predicted octanol–water partition coefficient (Wildman–Crippen LogP) is 2.39. The summed E-state index contributed by atoms with van der Waals surface area (Å²) in [5.41, 5.74) is 0.558. The van der Waals surface area contributed by atoms with Gasteiger partial charge in [0, 0.05) is 17.3 Å². The Hall–Kier alpha value is -2.94. The van der Waals surface area contributed by atoms with Crippen molar-refractivity contribution in [2.75, 3.05) is 17.6 Å². The van der Waals surface area contributed by atoms with E-state index in [-0.39, 0.29) is 11.3 Å². The molecular formula is C18H18FNO6S. The normalized spacial score (nSPS) is 12.1. The van der Waals surface area contributed by atoms with Crippen molar-refractivity contribution < 1.29 is 31.9 Å². The fraction of sp³-hybridized carbons (Fsp3) is 0.222. The molecule has 0 aliphatic rings. The molecular weight excluding hydrogens is 377 g/mol. The quantitative estimate of drug-likeness (QED) is 0.544. The minimum atomic E-state index is -3.42. The van der Waals surface area contributed by atoms with Gasteiger partial charge in [-0.05, 0) is 43.3 Å². The summed E-state index contributed by atoms with van der Waals surface area (Å²) in [6, 6.07) is 11.0. The molecule has 0 bridgehead atoms. The molecule has 2 aromatic rings. The van der Waals surface area contributed by atoms with Crippen LogP contribution in [-0.4, -0.2) is 39.1 Å². The van der Waals surface area contributed by atoms with E-state index in [9.17, 15) is 22.4 Å². The second-order valence-corrected chi connectivity index (χ2v) is 7.44.